The Kier molecular flexibility index (Phi) is 4.13. The molecule has 3 rings (SSSR count). The molecule has 0 bridgehead atoms. The minimum Gasteiger partial charge on any atom is -0.358 e. The fourth-order valence-corrected chi connectivity index (χ4v) is 3.64. The molecule has 0 aliphatic carbocycles. The van der Waals surface area contributed by atoms with E-state index in [0.29, 0.717) is 5.69 Å². The van der Waals surface area contributed by atoms with Gasteiger partial charge in [0.05, 0.1) is 4.90 Å². The van der Waals surface area contributed by atoms with E-state index in [-0.39, 0.29) is 10.3 Å². The molecule has 0 spiro atoms. The lowest BCUT2D eigenvalue weighted by Crippen LogP contribution is -2.15. The number of anilines is 1. The first-order chi connectivity index (χ1) is 11.3. The van der Waals surface area contributed by atoms with Gasteiger partial charge in [0.25, 0.3) is 10.0 Å². The maximum Gasteiger partial charge on any atom is 0.261 e. The van der Waals surface area contributed by atoms with E-state index in [9.17, 15) is 8.42 Å². The third-order valence-electron chi connectivity index (χ3n) is 4.54. The van der Waals surface area contributed by atoms with E-state index >= 15 is 0 Å². The van der Waals surface area contributed by atoms with E-state index in [4.69, 9.17) is 0 Å². The Morgan fingerprint density at radius 1 is 1.04 bits per heavy atom. The van der Waals surface area contributed by atoms with Gasteiger partial charge in [-0.1, -0.05) is 39.0 Å². The quantitative estimate of drug-likeness (QED) is 0.708. The molecular weight excluding hydrogens is 320 g/mol. The predicted molar refractivity (Wildman–Crippen MR) is 98.9 cm³/mol. The Hall–Kier alpha value is -2.27. The summed E-state index contributed by atoms with van der Waals surface area (Å²) in [6.45, 7) is 6.54. The van der Waals surface area contributed by atoms with E-state index in [1.807, 2.05) is 12.1 Å². The maximum atomic E-state index is 12.4. The highest BCUT2D eigenvalue weighted by Crippen LogP contribution is 2.30. The molecule has 5 heteroatoms. The minimum atomic E-state index is -3.57. The largest absolute Gasteiger partial charge is 0.358 e. The Morgan fingerprint density at radius 3 is 2.42 bits per heavy atom. The van der Waals surface area contributed by atoms with Crippen LogP contribution in [0.15, 0.2) is 59.5 Å². The van der Waals surface area contributed by atoms with Crippen LogP contribution in [0.2, 0.25) is 0 Å². The first-order valence-electron chi connectivity index (χ1n) is 8.03. The summed E-state index contributed by atoms with van der Waals surface area (Å²) in [5.74, 6) is 0. The zero-order valence-electron chi connectivity index (χ0n) is 14.1. The van der Waals surface area contributed by atoms with Crippen LogP contribution < -0.4 is 4.72 Å². The highest BCUT2D eigenvalue weighted by molar-refractivity contribution is 7.92. The Morgan fingerprint density at radius 2 is 1.75 bits per heavy atom. The number of hydrogen-bond acceptors (Lipinski definition) is 2. The molecule has 1 aromatic heterocycles. The number of hydrogen-bond donors (Lipinski definition) is 2. The average Bonchev–Trinajstić information content (AvgIpc) is 2.99. The number of H-pyrrole nitrogens is 1. The Bertz CT molecular complexity index is 957. The number of aromatic amines is 1. The summed E-state index contributed by atoms with van der Waals surface area (Å²) in [5, 5.41) is 1.000. The van der Waals surface area contributed by atoms with E-state index in [1.165, 1.54) is 0 Å². The number of rotatable bonds is 5. The summed E-state index contributed by atoms with van der Waals surface area (Å²) in [6, 6.07) is 16.0. The Labute approximate surface area is 143 Å². The summed E-state index contributed by atoms with van der Waals surface area (Å²) >= 11 is 0. The van der Waals surface area contributed by atoms with Crippen LogP contribution in [-0.4, -0.2) is 13.4 Å². The number of aromatic nitrogens is 1. The third-order valence-corrected chi connectivity index (χ3v) is 5.94. The molecule has 3 aromatic rings. The first-order valence-corrected chi connectivity index (χ1v) is 9.51. The van der Waals surface area contributed by atoms with E-state index in [2.05, 4.69) is 36.5 Å². The van der Waals surface area contributed by atoms with Gasteiger partial charge in [-0.3, -0.25) is 4.72 Å². The molecule has 24 heavy (non-hydrogen) atoms. The molecule has 0 saturated heterocycles. The summed E-state index contributed by atoms with van der Waals surface area (Å²) < 4.78 is 27.5. The van der Waals surface area contributed by atoms with Crippen molar-refractivity contribution < 1.29 is 8.42 Å². The molecule has 0 amide bonds. The smallest absolute Gasteiger partial charge is 0.261 e. The lowest BCUT2D eigenvalue weighted by Gasteiger charge is -2.20. The summed E-state index contributed by atoms with van der Waals surface area (Å²) in [6.07, 6.45) is 1.02. The monoisotopic (exact) mass is 342 g/mol. The second-order valence-electron chi connectivity index (χ2n) is 6.64. The molecule has 2 N–H and O–H groups in total. The molecule has 0 fully saturated rings. The normalized spacial score (nSPS) is 12.5. The molecular formula is C19H22N2O2S. The van der Waals surface area contributed by atoms with Gasteiger partial charge in [-0.2, -0.15) is 0 Å². The van der Waals surface area contributed by atoms with Crippen molar-refractivity contribution in [1.29, 1.82) is 0 Å². The zero-order chi connectivity index (χ0) is 17.4. The van der Waals surface area contributed by atoms with Crippen LogP contribution in [0, 0.1) is 0 Å². The second kappa shape index (κ2) is 5.98. The van der Waals surface area contributed by atoms with Crippen molar-refractivity contribution in [2.24, 2.45) is 0 Å². The van der Waals surface area contributed by atoms with Crippen LogP contribution in [0.25, 0.3) is 10.9 Å². The van der Waals surface area contributed by atoms with Crippen LogP contribution in [0.3, 0.4) is 0 Å². The van der Waals surface area contributed by atoms with Gasteiger partial charge < -0.3 is 4.98 Å². The van der Waals surface area contributed by atoms with Gasteiger partial charge >= 0.3 is 0 Å². The van der Waals surface area contributed by atoms with E-state index in [0.717, 1.165) is 23.0 Å². The van der Waals surface area contributed by atoms with Crippen molar-refractivity contribution in [3.8, 4) is 0 Å². The van der Waals surface area contributed by atoms with Gasteiger partial charge in [-0.25, -0.2) is 8.42 Å². The number of sulfonamides is 1. The van der Waals surface area contributed by atoms with Crippen molar-refractivity contribution >= 4 is 26.6 Å². The van der Waals surface area contributed by atoms with Gasteiger partial charge in [-0.05, 0) is 42.8 Å². The van der Waals surface area contributed by atoms with Crippen LogP contribution in [0.1, 0.15) is 32.9 Å². The van der Waals surface area contributed by atoms with Gasteiger partial charge in [0.2, 0.25) is 0 Å². The molecule has 2 aromatic carbocycles. The molecule has 126 valence electrons. The third kappa shape index (κ3) is 3.17. The van der Waals surface area contributed by atoms with Crippen molar-refractivity contribution in [3.05, 3.63) is 60.3 Å². The Balaban J connectivity index is 1.94. The lowest BCUT2D eigenvalue weighted by atomic mass is 9.86. The van der Waals surface area contributed by atoms with Crippen molar-refractivity contribution in [3.63, 3.8) is 0 Å². The lowest BCUT2D eigenvalue weighted by molar-refractivity contribution is 0.494. The van der Waals surface area contributed by atoms with Crippen molar-refractivity contribution in [2.45, 2.75) is 37.5 Å². The van der Waals surface area contributed by atoms with Crippen LogP contribution in [-0.2, 0) is 15.4 Å². The molecule has 0 aliphatic rings. The van der Waals surface area contributed by atoms with Gasteiger partial charge in [0.1, 0.15) is 0 Å². The van der Waals surface area contributed by atoms with E-state index < -0.39 is 10.0 Å². The fourth-order valence-electron chi connectivity index (χ4n) is 2.56. The van der Waals surface area contributed by atoms with E-state index in [1.54, 1.807) is 36.4 Å². The highest BCUT2D eigenvalue weighted by atomic mass is 32.2. The minimum absolute atomic E-state index is 0.0583. The second-order valence-corrected chi connectivity index (χ2v) is 8.32. The summed E-state index contributed by atoms with van der Waals surface area (Å²) in [7, 11) is -3.57. The zero-order valence-corrected chi connectivity index (χ0v) is 14.9. The molecule has 0 saturated carbocycles. The van der Waals surface area contributed by atoms with Gasteiger partial charge in [0.15, 0.2) is 0 Å². The first kappa shape index (κ1) is 16.6. The summed E-state index contributed by atoms with van der Waals surface area (Å²) in [5.41, 5.74) is 2.78. The van der Waals surface area contributed by atoms with Crippen molar-refractivity contribution in [2.75, 3.05) is 4.72 Å². The maximum absolute atomic E-state index is 12.4. The SMILES string of the molecule is CCC(C)(C)c1cc2cc(NS(=O)(=O)c3ccccc3)ccc2[nH]1. The number of benzene rings is 2. The van der Waals surface area contributed by atoms with Gasteiger partial charge in [-0.15, -0.1) is 0 Å². The predicted octanol–water partition coefficient (Wildman–Crippen LogP) is 4.66. The molecule has 4 nitrogen and oxygen atoms in total. The summed E-state index contributed by atoms with van der Waals surface area (Å²) in [4.78, 5) is 3.69. The number of fused-ring (bicyclic) bond motifs is 1. The fraction of sp³-hybridized carbons (Fsp3) is 0.263. The molecule has 1 heterocycles. The van der Waals surface area contributed by atoms with Crippen LogP contribution in [0.5, 0.6) is 0 Å². The highest BCUT2D eigenvalue weighted by Gasteiger charge is 2.20. The topological polar surface area (TPSA) is 62.0 Å². The molecule has 0 radical (unpaired) electrons. The number of nitrogens with one attached hydrogen (secondary N) is 2. The molecule has 0 atom stereocenters. The van der Waals surface area contributed by atoms with Crippen LogP contribution >= 0.6 is 0 Å². The molecule has 0 unspecified atom stereocenters. The van der Waals surface area contributed by atoms with Crippen LogP contribution in [0.4, 0.5) is 5.69 Å². The molecule has 0 aliphatic heterocycles. The standard InChI is InChI=1S/C19H22N2O2S/c1-4-19(2,3)18-13-14-12-15(10-11-17(14)20-18)21-24(22,23)16-8-6-5-7-9-16/h5-13,20-21H,4H2,1-3H3. The van der Waals surface area contributed by atoms with Gasteiger partial charge in [0, 0.05) is 27.7 Å². The average molecular weight is 342 g/mol. The van der Waals surface area contributed by atoms with Crippen molar-refractivity contribution in [1.82, 2.24) is 4.98 Å².